The molecule has 0 saturated carbocycles. The van der Waals surface area contributed by atoms with Crippen LogP contribution >= 0.6 is 0 Å². The quantitative estimate of drug-likeness (QED) is 0.448. The molecular weight excluding hydrogens is 431 g/mol. The number of carbonyl (C=O) groups is 1. The third-order valence-electron chi connectivity index (χ3n) is 4.91. The van der Waals surface area contributed by atoms with E-state index in [0.29, 0.717) is 12.8 Å². The van der Waals surface area contributed by atoms with Crippen LogP contribution in [0.5, 0.6) is 0 Å². The van der Waals surface area contributed by atoms with Gasteiger partial charge in [-0.1, -0.05) is 25.0 Å². The number of nitrogens with one attached hydrogen (secondary N) is 1. The molecule has 0 aliphatic carbocycles. The molecule has 2 aromatic rings. The van der Waals surface area contributed by atoms with Crippen molar-refractivity contribution in [2.45, 2.75) is 63.4 Å². The summed E-state index contributed by atoms with van der Waals surface area (Å²) in [4.78, 5) is 10.5. The van der Waals surface area contributed by atoms with Crippen molar-refractivity contribution in [1.29, 1.82) is 0 Å². The van der Waals surface area contributed by atoms with Crippen LogP contribution in [0.3, 0.4) is 0 Å². The number of rotatable bonds is 10. The molecule has 2 aromatic carbocycles. The summed E-state index contributed by atoms with van der Waals surface area (Å²) in [6.07, 6.45) is -0.677. The Bertz CT molecular complexity index is 1010. The predicted molar refractivity (Wildman–Crippen MR) is 113 cm³/mol. The molecule has 0 unspecified atom stereocenters. The summed E-state index contributed by atoms with van der Waals surface area (Å²) in [5.74, 6) is -0.816. The molecule has 0 heterocycles. The second kappa shape index (κ2) is 10.2. The van der Waals surface area contributed by atoms with Crippen molar-refractivity contribution in [3.63, 3.8) is 0 Å². The van der Waals surface area contributed by atoms with Crippen LogP contribution in [0, 0.1) is 13.8 Å². The van der Waals surface area contributed by atoms with Crippen molar-refractivity contribution in [2.75, 3.05) is 4.72 Å². The Hall–Kier alpha value is -2.55. The second-order valence-electron chi connectivity index (χ2n) is 7.54. The monoisotopic (exact) mass is 457 g/mol. The lowest BCUT2D eigenvalue weighted by molar-refractivity contribution is -0.138. The van der Waals surface area contributed by atoms with E-state index in [-0.39, 0.29) is 28.1 Å². The second-order valence-corrected chi connectivity index (χ2v) is 9.23. The summed E-state index contributed by atoms with van der Waals surface area (Å²) in [6.45, 7) is 2.86. The molecule has 0 saturated heterocycles. The predicted octanol–water partition coefficient (Wildman–Crippen LogP) is 5.70. The molecule has 31 heavy (non-hydrogen) atoms. The van der Waals surface area contributed by atoms with Gasteiger partial charge in [0, 0.05) is 6.42 Å². The van der Waals surface area contributed by atoms with Gasteiger partial charge in [0.1, 0.15) is 0 Å². The molecule has 170 valence electrons. The maximum atomic E-state index is 13.0. The van der Waals surface area contributed by atoms with Crippen molar-refractivity contribution in [1.82, 2.24) is 0 Å². The van der Waals surface area contributed by atoms with Gasteiger partial charge in [-0.05, 0) is 74.1 Å². The van der Waals surface area contributed by atoms with Crippen LogP contribution in [0.15, 0.2) is 41.3 Å². The first kappa shape index (κ1) is 24.7. The van der Waals surface area contributed by atoms with E-state index < -0.39 is 27.7 Å². The van der Waals surface area contributed by atoms with Crippen molar-refractivity contribution in [2.24, 2.45) is 0 Å². The van der Waals surface area contributed by atoms with E-state index in [4.69, 9.17) is 5.11 Å². The molecule has 0 aliphatic rings. The number of hydrogen-bond donors (Lipinski definition) is 2. The van der Waals surface area contributed by atoms with E-state index in [2.05, 4.69) is 4.72 Å². The van der Waals surface area contributed by atoms with Crippen molar-refractivity contribution >= 4 is 21.7 Å². The SMILES string of the molecule is Cc1cc(C(F)(F)F)cc(C)c1NS(=O)(=O)c1cccc(CCCCCCC(=O)O)c1. The number of benzene rings is 2. The number of aryl methyl sites for hydroxylation is 3. The fraction of sp³-hybridized carbons (Fsp3) is 0.409. The van der Waals surface area contributed by atoms with Gasteiger partial charge < -0.3 is 5.11 Å². The Labute approximate surface area is 180 Å². The minimum atomic E-state index is -4.51. The van der Waals surface area contributed by atoms with Crippen LogP contribution in [-0.4, -0.2) is 19.5 Å². The maximum Gasteiger partial charge on any atom is 0.416 e. The minimum Gasteiger partial charge on any atom is -0.481 e. The number of hydrogen-bond acceptors (Lipinski definition) is 3. The van der Waals surface area contributed by atoms with Crippen LogP contribution in [0.25, 0.3) is 0 Å². The molecule has 0 aliphatic heterocycles. The van der Waals surface area contributed by atoms with Crippen molar-refractivity contribution < 1.29 is 31.5 Å². The zero-order chi connectivity index (χ0) is 23.2. The topological polar surface area (TPSA) is 83.5 Å². The highest BCUT2D eigenvalue weighted by Crippen LogP contribution is 2.34. The van der Waals surface area contributed by atoms with E-state index in [1.165, 1.54) is 19.9 Å². The summed E-state index contributed by atoms with van der Waals surface area (Å²) in [5.41, 5.74) is 0.511. The van der Waals surface area contributed by atoms with E-state index >= 15 is 0 Å². The smallest absolute Gasteiger partial charge is 0.416 e. The van der Waals surface area contributed by atoms with Crippen molar-refractivity contribution in [3.8, 4) is 0 Å². The largest absolute Gasteiger partial charge is 0.481 e. The number of carboxylic acids is 1. The number of unbranched alkanes of at least 4 members (excludes halogenated alkanes) is 3. The van der Waals surface area contributed by atoms with Gasteiger partial charge in [0.15, 0.2) is 0 Å². The number of carboxylic acid groups (broad SMARTS) is 1. The Balaban J connectivity index is 2.09. The lowest BCUT2D eigenvalue weighted by atomic mass is 10.0. The maximum absolute atomic E-state index is 13.0. The Morgan fingerprint density at radius 2 is 1.61 bits per heavy atom. The minimum absolute atomic E-state index is 0.0366. The number of halogens is 3. The molecule has 2 rings (SSSR count). The summed E-state index contributed by atoms with van der Waals surface area (Å²) < 4.78 is 67.0. The molecule has 2 N–H and O–H groups in total. The molecule has 0 radical (unpaired) electrons. The highest BCUT2D eigenvalue weighted by Gasteiger charge is 2.31. The molecule has 0 spiro atoms. The molecular formula is C22H26F3NO4S. The zero-order valence-electron chi connectivity index (χ0n) is 17.4. The molecule has 0 amide bonds. The summed E-state index contributed by atoms with van der Waals surface area (Å²) >= 11 is 0. The summed E-state index contributed by atoms with van der Waals surface area (Å²) in [6, 6.07) is 8.27. The van der Waals surface area contributed by atoms with Gasteiger partial charge in [0.25, 0.3) is 10.0 Å². The van der Waals surface area contributed by atoms with Crippen LogP contribution in [0.4, 0.5) is 18.9 Å². The van der Waals surface area contributed by atoms with Gasteiger partial charge in [-0.15, -0.1) is 0 Å². The third kappa shape index (κ3) is 7.27. The van der Waals surface area contributed by atoms with Crippen LogP contribution in [0.1, 0.15) is 54.4 Å². The van der Waals surface area contributed by atoms with E-state index in [0.717, 1.165) is 37.0 Å². The third-order valence-corrected chi connectivity index (χ3v) is 6.26. The van der Waals surface area contributed by atoms with Crippen molar-refractivity contribution in [3.05, 3.63) is 58.7 Å². The number of anilines is 1. The Morgan fingerprint density at radius 1 is 1.00 bits per heavy atom. The highest BCUT2D eigenvalue weighted by atomic mass is 32.2. The molecule has 0 bridgehead atoms. The van der Waals surface area contributed by atoms with Crippen LogP contribution in [0.2, 0.25) is 0 Å². The van der Waals surface area contributed by atoms with E-state index in [1.807, 2.05) is 6.07 Å². The van der Waals surface area contributed by atoms with Crippen LogP contribution < -0.4 is 4.72 Å². The summed E-state index contributed by atoms with van der Waals surface area (Å²) in [7, 11) is -3.97. The standard InChI is InChI=1S/C22H26F3NO4S/c1-15-12-18(22(23,24)25)13-16(2)21(15)26-31(29,30)19-10-7-9-17(14-19)8-5-3-4-6-11-20(27)28/h7,9-10,12-14,26H,3-6,8,11H2,1-2H3,(H,27,28). The Morgan fingerprint density at radius 3 is 2.19 bits per heavy atom. The van der Waals surface area contributed by atoms with Crippen LogP contribution in [-0.2, 0) is 27.4 Å². The van der Waals surface area contributed by atoms with Gasteiger partial charge in [-0.25, -0.2) is 8.42 Å². The van der Waals surface area contributed by atoms with Gasteiger partial charge >= 0.3 is 12.1 Å². The lowest BCUT2D eigenvalue weighted by Crippen LogP contribution is -2.16. The Kier molecular flexibility index (Phi) is 8.11. The number of aliphatic carboxylic acids is 1. The fourth-order valence-corrected chi connectivity index (χ4v) is 4.58. The lowest BCUT2D eigenvalue weighted by Gasteiger charge is -2.16. The van der Waals surface area contributed by atoms with Gasteiger partial charge in [0.05, 0.1) is 16.1 Å². The fourth-order valence-electron chi connectivity index (χ4n) is 3.31. The molecule has 0 aromatic heterocycles. The molecule has 9 heteroatoms. The normalized spacial score (nSPS) is 12.0. The number of alkyl halides is 3. The van der Waals surface area contributed by atoms with Gasteiger partial charge in [0.2, 0.25) is 0 Å². The first-order valence-electron chi connectivity index (χ1n) is 9.92. The van der Waals surface area contributed by atoms with Gasteiger partial charge in [-0.2, -0.15) is 13.2 Å². The van der Waals surface area contributed by atoms with E-state index in [1.54, 1.807) is 12.1 Å². The first-order chi connectivity index (χ1) is 14.4. The van der Waals surface area contributed by atoms with E-state index in [9.17, 15) is 26.4 Å². The molecule has 0 atom stereocenters. The van der Waals surface area contributed by atoms with Gasteiger partial charge in [-0.3, -0.25) is 9.52 Å². The summed E-state index contributed by atoms with van der Waals surface area (Å²) in [5, 5.41) is 8.63. The molecule has 5 nitrogen and oxygen atoms in total. The first-order valence-corrected chi connectivity index (χ1v) is 11.4. The molecule has 0 fully saturated rings. The average molecular weight is 458 g/mol. The highest BCUT2D eigenvalue weighted by molar-refractivity contribution is 7.92. The average Bonchev–Trinajstić information content (AvgIpc) is 2.66. The zero-order valence-corrected chi connectivity index (χ0v) is 18.2. The number of sulfonamides is 1.